The third-order valence-electron chi connectivity index (χ3n) is 3.37. The molecule has 0 radical (unpaired) electrons. The highest BCUT2D eigenvalue weighted by Crippen LogP contribution is 2.18. The van der Waals surface area contributed by atoms with Gasteiger partial charge in [-0.2, -0.15) is 0 Å². The van der Waals surface area contributed by atoms with Gasteiger partial charge in [0.2, 0.25) is 11.8 Å². The zero-order valence-corrected chi connectivity index (χ0v) is 14.4. The van der Waals surface area contributed by atoms with Crippen molar-refractivity contribution in [3.63, 3.8) is 0 Å². The molecule has 5 nitrogen and oxygen atoms in total. The third kappa shape index (κ3) is 5.88. The van der Waals surface area contributed by atoms with E-state index in [1.807, 2.05) is 20.8 Å². The van der Waals surface area contributed by atoms with Crippen LogP contribution in [0, 0.1) is 11.2 Å². The van der Waals surface area contributed by atoms with Gasteiger partial charge in [0.1, 0.15) is 0 Å². The Balaban J connectivity index is 2.48. The lowest BCUT2D eigenvalue weighted by molar-refractivity contribution is -0.131. The minimum Gasteiger partial charge on any atom is -0.494 e. The first-order valence-electron chi connectivity index (χ1n) is 7.50. The van der Waals surface area contributed by atoms with Crippen LogP contribution in [0.15, 0.2) is 18.2 Å². The summed E-state index contributed by atoms with van der Waals surface area (Å²) < 4.78 is 18.5. The SMILES string of the molecule is COc1ccc(CN(C)C(=O)CCNC(=O)C(C)(C)C)cc1F. The molecule has 0 aliphatic rings. The Labute approximate surface area is 136 Å². The molecule has 6 heteroatoms. The van der Waals surface area contributed by atoms with E-state index in [1.54, 1.807) is 13.1 Å². The quantitative estimate of drug-likeness (QED) is 0.874. The van der Waals surface area contributed by atoms with Gasteiger partial charge in [0.15, 0.2) is 11.6 Å². The first kappa shape index (κ1) is 18.9. The molecule has 0 saturated carbocycles. The molecular formula is C17H25FN2O3. The second-order valence-corrected chi connectivity index (χ2v) is 6.47. The Morgan fingerprint density at radius 3 is 2.48 bits per heavy atom. The number of rotatable bonds is 6. The number of hydrogen-bond donors (Lipinski definition) is 1. The van der Waals surface area contributed by atoms with Gasteiger partial charge in [0.25, 0.3) is 0 Å². The van der Waals surface area contributed by atoms with Crippen molar-refractivity contribution in [1.29, 1.82) is 0 Å². The number of ether oxygens (including phenoxy) is 1. The molecule has 0 aliphatic carbocycles. The lowest BCUT2D eigenvalue weighted by Crippen LogP contribution is -2.37. The zero-order chi connectivity index (χ0) is 17.6. The molecule has 2 amide bonds. The van der Waals surface area contributed by atoms with Crippen LogP contribution in [0.2, 0.25) is 0 Å². The molecule has 23 heavy (non-hydrogen) atoms. The zero-order valence-electron chi connectivity index (χ0n) is 14.4. The van der Waals surface area contributed by atoms with Gasteiger partial charge < -0.3 is 15.0 Å². The first-order chi connectivity index (χ1) is 10.6. The van der Waals surface area contributed by atoms with Crippen LogP contribution < -0.4 is 10.1 Å². The summed E-state index contributed by atoms with van der Waals surface area (Å²) in [6.45, 7) is 6.03. The summed E-state index contributed by atoms with van der Waals surface area (Å²) in [5.41, 5.74) is 0.202. The molecule has 1 aromatic rings. The third-order valence-corrected chi connectivity index (χ3v) is 3.37. The maximum absolute atomic E-state index is 13.6. The van der Waals surface area contributed by atoms with E-state index in [4.69, 9.17) is 4.74 Å². The highest BCUT2D eigenvalue weighted by Gasteiger charge is 2.21. The average Bonchev–Trinajstić information content (AvgIpc) is 2.46. The van der Waals surface area contributed by atoms with Crippen LogP contribution >= 0.6 is 0 Å². The summed E-state index contributed by atoms with van der Waals surface area (Å²) in [5, 5.41) is 2.73. The maximum Gasteiger partial charge on any atom is 0.225 e. The summed E-state index contributed by atoms with van der Waals surface area (Å²) in [7, 11) is 3.05. The fourth-order valence-corrected chi connectivity index (χ4v) is 1.91. The lowest BCUT2D eigenvalue weighted by atomic mass is 9.96. The topological polar surface area (TPSA) is 58.6 Å². The summed E-state index contributed by atoms with van der Waals surface area (Å²) in [6.07, 6.45) is 0.205. The number of hydrogen-bond acceptors (Lipinski definition) is 3. The number of benzene rings is 1. The van der Waals surface area contributed by atoms with Crippen LogP contribution in [0.25, 0.3) is 0 Å². The summed E-state index contributed by atoms with van der Waals surface area (Å²) in [6, 6.07) is 4.60. The van der Waals surface area contributed by atoms with Crippen LogP contribution in [0.3, 0.4) is 0 Å². The van der Waals surface area contributed by atoms with Crippen molar-refractivity contribution in [3.8, 4) is 5.75 Å². The average molecular weight is 324 g/mol. The monoisotopic (exact) mass is 324 g/mol. The molecule has 0 heterocycles. The van der Waals surface area contributed by atoms with E-state index in [-0.39, 0.29) is 30.5 Å². The highest BCUT2D eigenvalue weighted by atomic mass is 19.1. The summed E-state index contributed by atoms with van der Waals surface area (Å²) >= 11 is 0. The Morgan fingerprint density at radius 1 is 1.30 bits per heavy atom. The molecule has 0 atom stereocenters. The maximum atomic E-state index is 13.6. The van der Waals surface area contributed by atoms with E-state index in [0.29, 0.717) is 12.1 Å². The molecule has 0 unspecified atom stereocenters. The van der Waals surface area contributed by atoms with E-state index in [2.05, 4.69) is 5.32 Å². The highest BCUT2D eigenvalue weighted by molar-refractivity contribution is 5.82. The molecule has 1 aromatic carbocycles. The van der Waals surface area contributed by atoms with Gasteiger partial charge in [-0.25, -0.2) is 4.39 Å². The molecule has 0 aliphatic heterocycles. The Morgan fingerprint density at radius 2 is 1.96 bits per heavy atom. The molecule has 0 fully saturated rings. The molecule has 0 aromatic heterocycles. The van der Waals surface area contributed by atoms with Crippen LogP contribution in [0.4, 0.5) is 4.39 Å². The minimum absolute atomic E-state index is 0.0924. The van der Waals surface area contributed by atoms with E-state index >= 15 is 0 Å². The van der Waals surface area contributed by atoms with Crippen molar-refractivity contribution in [2.45, 2.75) is 33.7 Å². The van der Waals surface area contributed by atoms with Gasteiger partial charge in [-0.15, -0.1) is 0 Å². The van der Waals surface area contributed by atoms with Crippen LogP contribution in [0.1, 0.15) is 32.8 Å². The van der Waals surface area contributed by atoms with Crippen LogP contribution in [0.5, 0.6) is 5.75 Å². The van der Waals surface area contributed by atoms with Crippen molar-refractivity contribution in [2.75, 3.05) is 20.7 Å². The summed E-state index contributed by atoms with van der Waals surface area (Å²) in [4.78, 5) is 25.3. The predicted octanol–water partition coefficient (Wildman–Crippen LogP) is 2.35. The summed E-state index contributed by atoms with van der Waals surface area (Å²) in [5.74, 6) is -0.489. The van der Waals surface area contributed by atoms with Crippen LogP contribution in [-0.4, -0.2) is 37.4 Å². The molecule has 0 bridgehead atoms. The van der Waals surface area contributed by atoms with E-state index in [9.17, 15) is 14.0 Å². The van der Waals surface area contributed by atoms with Gasteiger partial charge in [-0.1, -0.05) is 26.8 Å². The molecule has 0 saturated heterocycles. The lowest BCUT2D eigenvalue weighted by Gasteiger charge is -2.20. The number of carbonyl (C=O) groups excluding carboxylic acids is 2. The second-order valence-electron chi connectivity index (χ2n) is 6.47. The number of amides is 2. The molecule has 1 N–H and O–H groups in total. The number of methoxy groups -OCH3 is 1. The number of halogens is 1. The van der Waals surface area contributed by atoms with Gasteiger partial charge in [0, 0.05) is 32.0 Å². The fraction of sp³-hybridized carbons (Fsp3) is 0.529. The predicted molar refractivity (Wildman–Crippen MR) is 86.5 cm³/mol. The Hall–Kier alpha value is -2.11. The largest absolute Gasteiger partial charge is 0.494 e. The number of nitrogens with one attached hydrogen (secondary N) is 1. The number of nitrogens with zero attached hydrogens (tertiary/aromatic N) is 1. The normalized spacial score (nSPS) is 11.0. The van der Waals surface area contributed by atoms with Crippen molar-refractivity contribution in [3.05, 3.63) is 29.6 Å². The van der Waals surface area contributed by atoms with Crippen molar-refractivity contribution >= 4 is 11.8 Å². The Bertz CT molecular complexity index is 567. The fourth-order valence-electron chi connectivity index (χ4n) is 1.91. The molecule has 0 spiro atoms. The van der Waals surface area contributed by atoms with E-state index in [0.717, 1.165) is 0 Å². The van der Waals surface area contributed by atoms with Gasteiger partial charge in [-0.05, 0) is 17.7 Å². The number of carbonyl (C=O) groups is 2. The van der Waals surface area contributed by atoms with E-state index in [1.165, 1.54) is 24.1 Å². The first-order valence-corrected chi connectivity index (χ1v) is 7.50. The minimum atomic E-state index is -0.477. The van der Waals surface area contributed by atoms with Gasteiger partial charge in [0.05, 0.1) is 7.11 Å². The Kier molecular flexibility index (Phi) is 6.54. The molecular weight excluding hydrogens is 299 g/mol. The van der Waals surface area contributed by atoms with Gasteiger partial charge >= 0.3 is 0 Å². The van der Waals surface area contributed by atoms with Crippen molar-refractivity contribution < 1.29 is 18.7 Å². The smallest absolute Gasteiger partial charge is 0.225 e. The molecule has 1 rings (SSSR count). The van der Waals surface area contributed by atoms with E-state index < -0.39 is 11.2 Å². The van der Waals surface area contributed by atoms with Crippen molar-refractivity contribution in [1.82, 2.24) is 10.2 Å². The van der Waals surface area contributed by atoms with Crippen LogP contribution in [-0.2, 0) is 16.1 Å². The van der Waals surface area contributed by atoms with Gasteiger partial charge in [-0.3, -0.25) is 9.59 Å². The standard InChI is InChI=1S/C17H25FN2O3/c1-17(2,3)16(22)19-9-8-15(21)20(4)11-12-6-7-14(23-5)13(18)10-12/h6-7,10H,8-9,11H2,1-5H3,(H,19,22). The second kappa shape index (κ2) is 7.94. The van der Waals surface area contributed by atoms with Crippen molar-refractivity contribution in [2.24, 2.45) is 5.41 Å². The molecule has 128 valence electrons.